The number of anilines is 1. The van der Waals surface area contributed by atoms with Crippen LogP contribution in [-0.2, 0) is 0 Å². The summed E-state index contributed by atoms with van der Waals surface area (Å²) in [6, 6.07) is 11.4. The zero-order valence-corrected chi connectivity index (χ0v) is 14.9. The molecule has 3 aromatic rings. The number of furan rings is 1. The molecule has 4 rings (SSSR count). The zero-order valence-electron chi connectivity index (χ0n) is 14.9. The molecular formula is C19H20N4O4. The number of amides is 1. The normalized spacial score (nSPS) is 14.9. The van der Waals surface area contributed by atoms with E-state index in [1.165, 1.54) is 6.26 Å². The monoisotopic (exact) mass is 368 g/mol. The highest BCUT2D eigenvalue weighted by atomic mass is 16.5. The molecule has 140 valence electrons. The Balaban J connectivity index is 1.33. The second-order valence-corrected chi connectivity index (χ2v) is 6.34. The van der Waals surface area contributed by atoms with Gasteiger partial charge in [0.2, 0.25) is 5.82 Å². The van der Waals surface area contributed by atoms with Crippen molar-refractivity contribution in [3.8, 4) is 17.1 Å². The number of nitrogens with one attached hydrogen (secondary N) is 1. The van der Waals surface area contributed by atoms with Crippen LogP contribution in [0.25, 0.3) is 11.4 Å². The fourth-order valence-corrected chi connectivity index (χ4v) is 3.10. The van der Waals surface area contributed by atoms with Crippen molar-refractivity contribution >= 4 is 11.9 Å². The number of hydrogen-bond acceptors (Lipinski definition) is 7. The summed E-state index contributed by atoms with van der Waals surface area (Å²) in [6.45, 7) is 1.30. The van der Waals surface area contributed by atoms with Crippen molar-refractivity contribution in [2.24, 2.45) is 0 Å². The van der Waals surface area contributed by atoms with Gasteiger partial charge in [0.05, 0.1) is 13.4 Å². The summed E-state index contributed by atoms with van der Waals surface area (Å²) in [7, 11) is 1.62. The van der Waals surface area contributed by atoms with Gasteiger partial charge in [-0.05, 0) is 49.2 Å². The van der Waals surface area contributed by atoms with Crippen LogP contribution in [-0.4, -0.2) is 47.2 Å². The predicted molar refractivity (Wildman–Crippen MR) is 97.5 cm³/mol. The highest BCUT2D eigenvalue weighted by Crippen LogP contribution is 2.22. The number of ether oxygens (including phenoxy) is 1. The van der Waals surface area contributed by atoms with Gasteiger partial charge < -0.3 is 23.9 Å². The van der Waals surface area contributed by atoms with Gasteiger partial charge in [-0.3, -0.25) is 4.79 Å². The van der Waals surface area contributed by atoms with Crippen LogP contribution in [0.5, 0.6) is 5.75 Å². The number of carbonyl (C=O) groups excluding carboxylic acids is 1. The molecule has 8 heteroatoms. The Morgan fingerprint density at radius 1 is 1.22 bits per heavy atom. The van der Waals surface area contributed by atoms with Crippen molar-refractivity contribution in [1.29, 1.82) is 0 Å². The molecule has 0 aliphatic carbocycles. The fraction of sp³-hybridized carbons (Fsp3) is 0.316. The van der Waals surface area contributed by atoms with Gasteiger partial charge in [-0.2, -0.15) is 4.98 Å². The number of benzene rings is 1. The molecule has 1 aliphatic heterocycles. The average Bonchev–Trinajstić information content (AvgIpc) is 3.40. The van der Waals surface area contributed by atoms with Crippen LogP contribution in [0.15, 0.2) is 51.6 Å². The maximum atomic E-state index is 12.3. The molecule has 1 N–H and O–H groups in total. The third-order valence-corrected chi connectivity index (χ3v) is 4.62. The molecule has 1 saturated heterocycles. The number of likely N-dealkylation sites (tertiary alicyclic amines) is 1. The standard InChI is InChI=1S/C19H20N4O4/c1-25-15-6-4-13(5-7-15)17-21-19(27-22-17)20-14-8-10-23(11-9-14)18(24)16-3-2-12-26-16/h2-7,12,14H,8-11H2,1H3,(H,20,21,22). The van der Waals surface area contributed by atoms with Gasteiger partial charge in [-0.1, -0.05) is 5.16 Å². The van der Waals surface area contributed by atoms with E-state index in [9.17, 15) is 4.79 Å². The van der Waals surface area contributed by atoms with Gasteiger partial charge in [-0.25, -0.2) is 0 Å². The van der Waals surface area contributed by atoms with Crippen LogP contribution < -0.4 is 10.1 Å². The van der Waals surface area contributed by atoms with Gasteiger partial charge in [0.15, 0.2) is 5.76 Å². The van der Waals surface area contributed by atoms with E-state index < -0.39 is 0 Å². The lowest BCUT2D eigenvalue weighted by Gasteiger charge is -2.31. The van der Waals surface area contributed by atoms with Crippen LogP contribution in [0, 0.1) is 0 Å². The number of methoxy groups -OCH3 is 1. The van der Waals surface area contributed by atoms with Crippen molar-refractivity contribution in [1.82, 2.24) is 15.0 Å². The number of piperidine rings is 1. The maximum Gasteiger partial charge on any atom is 0.322 e. The molecule has 0 atom stereocenters. The van der Waals surface area contributed by atoms with Crippen LogP contribution >= 0.6 is 0 Å². The Morgan fingerprint density at radius 2 is 2.00 bits per heavy atom. The van der Waals surface area contributed by atoms with Crippen molar-refractivity contribution in [3.05, 3.63) is 48.4 Å². The molecule has 1 aromatic carbocycles. The summed E-state index contributed by atoms with van der Waals surface area (Å²) in [5, 5.41) is 7.28. The molecule has 8 nitrogen and oxygen atoms in total. The van der Waals surface area contributed by atoms with Crippen molar-refractivity contribution < 1.29 is 18.5 Å². The lowest BCUT2D eigenvalue weighted by molar-refractivity contribution is 0.0686. The first-order chi connectivity index (χ1) is 13.2. The average molecular weight is 368 g/mol. The third-order valence-electron chi connectivity index (χ3n) is 4.62. The molecule has 1 fully saturated rings. The summed E-state index contributed by atoms with van der Waals surface area (Å²) in [4.78, 5) is 18.5. The minimum Gasteiger partial charge on any atom is -0.497 e. The quantitative estimate of drug-likeness (QED) is 0.740. The largest absolute Gasteiger partial charge is 0.497 e. The Labute approximate surface area is 156 Å². The Hall–Kier alpha value is -3.29. The van der Waals surface area contributed by atoms with E-state index in [1.807, 2.05) is 24.3 Å². The highest BCUT2D eigenvalue weighted by Gasteiger charge is 2.25. The molecule has 3 heterocycles. The van der Waals surface area contributed by atoms with Gasteiger partial charge in [0.25, 0.3) is 5.91 Å². The summed E-state index contributed by atoms with van der Waals surface area (Å²) in [5.41, 5.74) is 0.853. The first kappa shape index (κ1) is 17.1. The second-order valence-electron chi connectivity index (χ2n) is 6.34. The van der Waals surface area contributed by atoms with Gasteiger partial charge in [0.1, 0.15) is 5.75 Å². The fourth-order valence-electron chi connectivity index (χ4n) is 3.10. The molecule has 0 saturated carbocycles. The van der Waals surface area contributed by atoms with Crippen molar-refractivity contribution in [2.75, 3.05) is 25.5 Å². The Morgan fingerprint density at radius 3 is 2.67 bits per heavy atom. The van der Waals surface area contributed by atoms with E-state index >= 15 is 0 Å². The van der Waals surface area contributed by atoms with E-state index in [0.29, 0.717) is 30.7 Å². The number of nitrogens with zero attached hydrogens (tertiary/aromatic N) is 3. The van der Waals surface area contributed by atoms with Gasteiger partial charge >= 0.3 is 6.01 Å². The van der Waals surface area contributed by atoms with Crippen LogP contribution in [0.2, 0.25) is 0 Å². The molecular weight excluding hydrogens is 348 g/mol. The van der Waals surface area contributed by atoms with Crippen LogP contribution in [0.4, 0.5) is 6.01 Å². The molecule has 0 unspecified atom stereocenters. The topological polar surface area (TPSA) is 93.6 Å². The highest BCUT2D eigenvalue weighted by molar-refractivity contribution is 5.91. The summed E-state index contributed by atoms with van der Waals surface area (Å²) < 4.78 is 15.6. The molecule has 1 aliphatic rings. The molecule has 2 aromatic heterocycles. The summed E-state index contributed by atoms with van der Waals surface area (Å²) in [5.74, 6) is 1.60. The maximum absolute atomic E-state index is 12.3. The molecule has 0 spiro atoms. The number of rotatable bonds is 5. The lowest BCUT2D eigenvalue weighted by Crippen LogP contribution is -2.42. The van der Waals surface area contributed by atoms with E-state index in [2.05, 4.69) is 15.5 Å². The van der Waals surface area contributed by atoms with E-state index in [-0.39, 0.29) is 11.9 Å². The Bertz CT molecular complexity index is 881. The lowest BCUT2D eigenvalue weighted by atomic mass is 10.1. The number of aromatic nitrogens is 2. The van der Waals surface area contributed by atoms with Crippen molar-refractivity contribution in [2.45, 2.75) is 18.9 Å². The van der Waals surface area contributed by atoms with Gasteiger partial charge in [0, 0.05) is 24.7 Å². The zero-order chi connectivity index (χ0) is 18.6. The summed E-state index contributed by atoms with van der Waals surface area (Å²) >= 11 is 0. The second kappa shape index (κ2) is 7.53. The van der Waals surface area contributed by atoms with E-state index in [0.717, 1.165) is 24.2 Å². The summed E-state index contributed by atoms with van der Waals surface area (Å²) in [6.07, 6.45) is 3.11. The first-order valence-electron chi connectivity index (χ1n) is 8.80. The third kappa shape index (κ3) is 3.79. The SMILES string of the molecule is COc1ccc(-c2noc(NC3CCN(C(=O)c4ccco4)CC3)n2)cc1. The molecule has 0 bridgehead atoms. The van der Waals surface area contributed by atoms with E-state index in [4.69, 9.17) is 13.7 Å². The first-order valence-corrected chi connectivity index (χ1v) is 8.80. The number of hydrogen-bond donors (Lipinski definition) is 1. The van der Waals surface area contributed by atoms with Crippen LogP contribution in [0.3, 0.4) is 0 Å². The number of carbonyl (C=O) groups is 1. The predicted octanol–water partition coefficient (Wildman–Crippen LogP) is 3.05. The minimum absolute atomic E-state index is 0.0713. The molecule has 1 amide bonds. The van der Waals surface area contributed by atoms with E-state index in [1.54, 1.807) is 24.1 Å². The Kier molecular flexibility index (Phi) is 4.78. The smallest absolute Gasteiger partial charge is 0.322 e. The molecule has 0 radical (unpaired) electrons. The van der Waals surface area contributed by atoms with Crippen molar-refractivity contribution in [3.63, 3.8) is 0 Å². The van der Waals surface area contributed by atoms with Crippen LogP contribution in [0.1, 0.15) is 23.4 Å². The molecule has 27 heavy (non-hydrogen) atoms. The minimum atomic E-state index is -0.0713. The van der Waals surface area contributed by atoms with Gasteiger partial charge in [-0.15, -0.1) is 0 Å².